The van der Waals surface area contributed by atoms with E-state index < -0.39 is 23.6 Å². The molecule has 0 N–H and O–H groups in total. The first-order valence-electron chi connectivity index (χ1n) is 8.93. The van der Waals surface area contributed by atoms with Crippen LogP contribution in [0.2, 0.25) is 0 Å². The van der Waals surface area contributed by atoms with Crippen molar-refractivity contribution in [3.05, 3.63) is 84.0 Å². The molecule has 0 saturated carbocycles. The molecule has 2 aliphatic heterocycles. The minimum absolute atomic E-state index is 0.00956. The van der Waals surface area contributed by atoms with Crippen molar-refractivity contribution in [2.45, 2.75) is 13.1 Å². The second kappa shape index (κ2) is 7.55. The maximum atomic E-state index is 12.1. The van der Waals surface area contributed by atoms with E-state index in [0.717, 1.165) is 9.80 Å². The minimum Gasteiger partial charge on any atom is -0.457 e. The van der Waals surface area contributed by atoms with Crippen molar-refractivity contribution in [2.75, 3.05) is 0 Å². The highest BCUT2D eigenvalue weighted by Crippen LogP contribution is 2.31. The average molecular weight is 388 g/mol. The van der Waals surface area contributed by atoms with Crippen LogP contribution in [0.25, 0.3) is 0 Å². The maximum Gasteiger partial charge on any atom is 0.253 e. The number of rotatable bonds is 6. The first kappa shape index (κ1) is 18.4. The van der Waals surface area contributed by atoms with Gasteiger partial charge in [-0.25, -0.2) is 0 Å². The van der Waals surface area contributed by atoms with Crippen molar-refractivity contribution in [1.82, 2.24) is 9.80 Å². The SMILES string of the molecule is O=C1C=CC(=O)N1Cc1cccc(Oc2ccccc2)c1CN1C(=O)C=CC1=O. The van der Waals surface area contributed by atoms with Crippen LogP contribution in [-0.4, -0.2) is 33.4 Å². The van der Waals surface area contributed by atoms with E-state index in [0.29, 0.717) is 22.6 Å². The zero-order valence-corrected chi connectivity index (χ0v) is 15.3. The Morgan fingerprint density at radius 3 is 1.76 bits per heavy atom. The number of benzene rings is 2. The highest BCUT2D eigenvalue weighted by atomic mass is 16.5. The van der Waals surface area contributed by atoms with E-state index in [2.05, 4.69) is 0 Å². The third kappa shape index (κ3) is 3.70. The predicted molar refractivity (Wildman–Crippen MR) is 102 cm³/mol. The van der Waals surface area contributed by atoms with Crippen LogP contribution in [0.1, 0.15) is 11.1 Å². The molecule has 144 valence electrons. The van der Waals surface area contributed by atoms with Crippen molar-refractivity contribution in [1.29, 1.82) is 0 Å². The number of amides is 4. The van der Waals surface area contributed by atoms with Crippen LogP contribution in [0.5, 0.6) is 11.5 Å². The summed E-state index contributed by atoms with van der Waals surface area (Å²) in [5.41, 5.74) is 1.16. The van der Waals surface area contributed by atoms with Crippen LogP contribution in [0.15, 0.2) is 72.8 Å². The molecule has 4 amide bonds. The average Bonchev–Trinajstić information content (AvgIpc) is 3.21. The standard InChI is InChI=1S/C22H16N2O5/c25-19-9-10-20(26)23(19)13-15-5-4-8-18(29-16-6-2-1-3-7-16)17(15)14-24-21(27)11-12-22(24)28/h1-12H,13-14H2. The summed E-state index contributed by atoms with van der Waals surface area (Å²) in [4.78, 5) is 50.3. The molecule has 0 atom stereocenters. The van der Waals surface area contributed by atoms with Crippen molar-refractivity contribution < 1.29 is 23.9 Å². The van der Waals surface area contributed by atoms with E-state index in [1.165, 1.54) is 24.3 Å². The summed E-state index contributed by atoms with van der Waals surface area (Å²) in [5, 5.41) is 0. The van der Waals surface area contributed by atoms with Gasteiger partial charge in [0.15, 0.2) is 0 Å². The lowest BCUT2D eigenvalue weighted by molar-refractivity contribution is -0.139. The molecule has 7 heteroatoms. The van der Waals surface area contributed by atoms with Gasteiger partial charge in [0.05, 0.1) is 13.1 Å². The largest absolute Gasteiger partial charge is 0.457 e. The fourth-order valence-electron chi connectivity index (χ4n) is 3.15. The van der Waals surface area contributed by atoms with Crippen LogP contribution < -0.4 is 4.74 Å². The Kier molecular flexibility index (Phi) is 4.78. The number of nitrogens with zero attached hydrogens (tertiary/aromatic N) is 2. The summed E-state index contributed by atoms with van der Waals surface area (Å²) >= 11 is 0. The lowest BCUT2D eigenvalue weighted by Gasteiger charge is -2.22. The van der Waals surface area contributed by atoms with Crippen LogP contribution in [-0.2, 0) is 32.3 Å². The van der Waals surface area contributed by atoms with Crippen molar-refractivity contribution in [2.24, 2.45) is 0 Å². The summed E-state index contributed by atoms with van der Waals surface area (Å²) in [5.74, 6) is -0.655. The smallest absolute Gasteiger partial charge is 0.253 e. The Labute approximate surface area is 166 Å². The minimum atomic E-state index is -0.426. The molecule has 0 aliphatic carbocycles. The normalized spacial score (nSPS) is 15.7. The summed E-state index contributed by atoms with van der Waals surface area (Å²) in [6.07, 6.45) is 4.84. The van der Waals surface area contributed by atoms with Gasteiger partial charge < -0.3 is 4.74 Å². The van der Waals surface area contributed by atoms with Crippen LogP contribution >= 0.6 is 0 Å². The Balaban J connectivity index is 1.70. The number of para-hydroxylation sites is 1. The van der Waals surface area contributed by atoms with Crippen LogP contribution in [0.4, 0.5) is 0 Å². The first-order chi connectivity index (χ1) is 14.0. The van der Waals surface area contributed by atoms with E-state index in [-0.39, 0.29) is 13.1 Å². The van der Waals surface area contributed by atoms with Crippen molar-refractivity contribution >= 4 is 23.6 Å². The lowest BCUT2D eigenvalue weighted by atomic mass is 10.0. The van der Waals surface area contributed by atoms with E-state index in [9.17, 15) is 19.2 Å². The van der Waals surface area contributed by atoms with E-state index in [1.54, 1.807) is 30.3 Å². The first-order valence-corrected chi connectivity index (χ1v) is 8.93. The Morgan fingerprint density at radius 1 is 0.621 bits per heavy atom. The fraction of sp³-hybridized carbons (Fsp3) is 0.0909. The van der Waals surface area contributed by atoms with Gasteiger partial charge in [0.1, 0.15) is 11.5 Å². The Morgan fingerprint density at radius 2 is 1.17 bits per heavy atom. The monoisotopic (exact) mass is 388 g/mol. The molecule has 0 radical (unpaired) electrons. The molecule has 0 aromatic heterocycles. The Bertz CT molecular complexity index is 1040. The molecular formula is C22H16N2O5. The zero-order chi connectivity index (χ0) is 20.4. The van der Waals surface area contributed by atoms with Gasteiger partial charge in [-0.1, -0.05) is 30.3 Å². The summed E-state index contributed by atoms with van der Waals surface area (Å²) in [6, 6.07) is 14.3. The van der Waals surface area contributed by atoms with Crippen LogP contribution in [0.3, 0.4) is 0 Å². The molecule has 0 unspecified atom stereocenters. The van der Waals surface area contributed by atoms with Crippen molar-refractivity contribution in [3.63, 3.8) is 0 Å². The molecular weight excluding hydrogens is 372 g/mol. The number of carbonyl (C=O) groups excluding carboxylic acids is 4. The molecule has 2 heterocycles. The van der Waals surface area contributed by atoms with Gasteiger partial charge in [0.25, 0.3) is 23.6 Å². The molecule has 29 heavy (non-hydrogen) atoms. The molecule has 2 aromatic carbocycles. The zero-order valence-electron chi connectivity index (χ0n) is 15.3. The third-order valence-corrected chi connectivity index (χ3v) is 4.65. The lowest BCUT2D eigenvalue weighted by Crippen LogP contribution is -2.32. The number of carbonyl (C=O) groups is 4. The quantitative estimate of drug-likeness (QED) is 0.709. The topological polar surface area (TPSA) is 84.0 Å². The van der Waals surface area contributed by atoms with Crippen LogP contribution in [0, 0.1) is 0 Å². The summed E-state index contributed by atoms with van der Waals surface area (Å²) in [6.45, 7) is -0.0255. The van der Waals surface area contributed by atoms with Gasteiger partial charge in [-0.2, -0.15) is 0 Å². The Hall–Kier alpha value is -4.00. The van der Waals surface area contributed by atoms with Gasteiger partial charge in [0, 0.05) is 29.9 Å². The molecule has 0 saturated heterocycles. The highest BCUT2D eigenvalue weighted by molar-refractivity contribution is 6.13. The van der Waals surface area contributed by atoms with Gasteiger partial charge in [-0.3, -0.25) is 29.0 Å². The third-order valence-electron chi connectivity index (χ3n) is 4.65. The number of hydrogen-bond acceptors (Lipinski definition) is 5. The molecule has 0 fully saturated rings. The number of hydrogen-bond donors (Lipinski definition) is 0. The van der Waals surface area contributed by atoms with Gasteiger partial charge >= 0.3 is 0 Å². The number of imide groups is 2. The predicted octanol–water partition coefficient (Wildman–Crippen LogP) is 2.33. The fourth-order valence-corrected chi connectivity index (χ4v) is 3.15. The summed E-state index contributed by atoms with van der Waals surface area (Å²) < 4.78 is 5.98. The van der Waals surface area contributed by atoms with Gasteiger partial charge in [0.2, 0.25) is 0 Å². The molecule has 2 aliphatic rings. The molecule has 0 bridgehead atoms. The van der Waals surface area contributed by atoms with Gasteiger partial charge in [-0.15, -0.1) is 0 Å². The van der Waals surface area contributed by atoms with Crippen molar-refractivity contribution in [3.8, 4) is 11.5 Å². The number of ether oxygens (including phenoxy) is 1. The molecule has 2 aromatic rings. The van der Waals surface area contributed by atoms with Gasteiger partial charge in [-0.05, 0) is 23.8 Å². The van der Waals surface area contributed by atoms with E-state index >= 15 is 0 Å². The maximum absolute atomic E-state index is 12.1. The van der Waals surface area contributed by atoms with E-state index in [1.807, 2.05) is 18.2 Å². The molecule has 0 spiro atoms. The molecule has 7 nitrogen and oxygen atoms in total. The highest BCUT2D eigenvalue weighted by Gasteiger charge is 2.28. The summed E-state index contributed by atoms with van der Waals surface area (Å²) in [7, 11) is 0. The second-order valence-corrected chi connectivity index (χ2v) is 6.50. The van der Waals surface area contributed by atoms with E-state index in [4.69, 9.17) is 4.74 Å². The second-order valence-electron chi connectivity index (χ2n) is 6.50. The molecule has 4 rings (SSSR count).